The maximum absolute atomic E-state index is 13.1. The second-order valence-corrected chi connectivity index (χ2v) is 7.33. The lowest BCUT2D eigenvalue weighted by Crippen LogP contribution is -2.48. The first-order valence-electron chi connectivity index (χ1n) is 9.64. The summed E-state index contributed by atoms with van der Waals surface area (Å²) in [5.41, 5.74) is 2.00. The molecule has 7 heteroatoms. The maximum Gasteiger partial charge on any atom is 0.241 e. The lowest BCUT2D eigenvalue weighted by Gasteiger charge is -2.31. The van der Waals surface area contributed by atoms with Gasteiger partial charge in [-0.3, -0.25) is 19.3 Å². The van der Waals surface area contributed by atoms with Crippen molar-refractivity contribution in [2.75, 3.05) is 29.1 Å². The number of carbonyl (C=O) groups is 3. The molecule has 29 heavy (non-hydrogen) atoms. The van der Waals surface area contributed by atoms with Crippen molar-refractivity contribution in [3.05, 3.63) is 54.6 Å². The highest BCUT2D eigenvalue weighted by atomic mass is 16.2. The number of fused-ring (bicyclic) bond motifs is 1. The molecule has 1 heterocycles. The van der Waals surface area contributed by atoms with E-state index in [1.807, 2.05) is 55.5 Å². The fourth-order valence-electron chi connectivity index (χ4n) is 3.36. The number of likely N-dealkylation sites (N-methyl/N-ethyl adjacent to an activating group) is 1. The van der Waals surface area contributed by atoms with Crippen molar-refractivity contribution >= 4 is 34.8 Å². The molecule has 3 rings (SSSR count). The van der Waals surface area contributed by atoms with Gasteiger partial charge in [0.2, 0.25) is 17.7 Å². The first-order chi connectivity index (χ1) is 13.9. The topological polar surface area (TPSA) is 81.8 Å². The molecule has 1 aliphatic rings. The summed E-state index contributed by atoms with van der Waals surface area (Å²) in [6.07, 6.45) is 0.216. The van der Waals surface area contributed by atoms with Crippen LogP contribution in [0.5, 0.6) is 0 Å². The Hall–Kier alpha value is -3.19. The predicted molar refractivity (Wildman–Crippen MR) is 114 cm³/mol. The van der Waals surface area contributed by atoms with Crippen LogP contribution in [0.15, 0.2) is 54.6 Å². The smallest absolute Gasteiger partial charge is 0.241 e. The van der Waals surface area contributed by atoms with Crippen molar-refractivity contribution in [2.45, 2.75) is 32.4 Å². The molecule has 2 N–H and O–H groups in total. The molecule has 0 radical (unpaired) electrons. The SMILES string of the molecule is C[C@H](C(=O)Nc1ccccc1)N(C)CC(=O)N1c2ccccc2NC(=O)C[C@@H]1C. The van der Waals surface area contributed by atoms with E-state index < -0.39 is 6.04 Å². The van der Waals surface area contributed by atoms with E-state index in [4.69, 9.17) is 0 Å². The summed E-state index contributed by atoms with van der Waals surface area (Å²) in [4.78, 5) is 41.1. The quantitative estimate of drug-likeness (QED) is 0.817. The van der Waals surface area contributed by atoms with Gasteiger partial charge < -0.3 is 15.5 Å². The zero-order valence-corrected chi connectivity index (χ0v) is 16.9. The molecule has 2 aromatic carbocycles. The van der Waals surface area contributed by atoms with Crippen LogP contribution in [0.3, 0.4) is 0 Å². The Bertz CT molecular complexity index is 900. The number of amides is 3. The van der Waals surface area contributed by atoms with Gasteiger partial charge in [-0.2, -0.15) is 0 Å². The summed E-state index contributed by atoms with van der Waals surface area (Å²) in [6, 6.07) is 15.7. The molecule has 0 saturated carbocycles. The average Bonchev–Trinajstić information content (AvgIpc) is 2.82. The number of para-hydroxylation sites is 3. The van der Waals surface area contributed by atoms with E-state index in [1.54, 1.807) is 29.8 Å². The highest BCUT2D eigenvalue weighted by molar-refractivity contribution is 6.05. The Morgan fingerprint density at radius 3 is 2.55 bits per heavy atom. The zero-order chi connectivity index (χ0) is 21.0. The molecule has 2 atom stereocenters. The van der Waals surface area contributed by atoms with Gasteiger partial charge >= 0.3 is 0 Å². The molecule has 0 spiro atoms. The average molecular weight is 394 g/mol. The highest BCUT2D eigenvalue weighted by Crippen LogP contribution is 2.31. The van der Waals surface area contributed by atoms with Crippen LogP contribution in [0, 0.1) is 0 Å². The number of nitrogens with zero attached hydrogens (tertiary/aromatic N) is 2. The molecule has 0 unspecified atom stereocenters. The van der Waals surface area contributed by atoms with E-state index in [0.29, 0.717) is 17.1 Å². The number of hydrogen-bond acceptors (Lipinski definition) is 4. The summed E-state index contributed by atoms with van der Waals surface area (Å²) in [5, 5.41) is 5.70. The molecular weight excluding hydrogens is 368 g/mol. The fraction of sp³-hybridized carbons (Fsp3) is 0.318. The Morgan fingerprint density at radius 2 is 1.83 bits per heavy atom. The van der Waals surface area contributed by atoms with Crippen LogP contribution in [0.4, 0.5) is 17.1 Å². The zero-order valence-electron chi connectivity index (χ0n) is 16.9. The Morgan fingerprint density at radius 1 is 1.17 bits per heavy atom. The lowest BCUT2D eigenvalue weighted by atomic mass is 10.1. The minimum Gasteiger partial charge on any atom is -0.325 e. The molecule has 0 fully saturated rings. The van der Waals surface area contributed by atoms with E-state index >= 15 is 0 Å². The van der Waals surface area contributed by atoms with Crippen LogP contribution in [-0.4, -0.2) is 48.3 Å². The molecule has 0 aromatic heterocycles. The van der Waals surface area contributed by atoms with Crippen molar-refractivity contribution < 1.29 is 14.4 Å². The van der Waals surface area contributed by atoms with Gasteiger partial charge in [-0.05, 0) is 45.2 Å². The minimum atomic E-state index is -0.503. The number of rotatable bonds is 5. The number of benzene rings is 2. The van der Waals surface area contributed by atoms with E-state index in [1.165, 1.54) is 0 Å². The highest BCUT2D eigenvalue weighted by Gasteiger charge is 2.31. The van der Waals surface area contributed by atoms with Gasteiger partial charge in [-0.15, -0.1) is 0 Å². The molecule has 0 aliphatic carbocycles. The summed E-state index contributed by atoms with van der Waals surface area (Å²) < 4.78 is 0. The molecule has 7 nitrogen and oxygen atoms in total. The van der Waals surface area contributed by atoms with Gasteiger partial charge in [0.15, 0.2) is 0 Å². The van der Waals surface area contributed by atoms with Crippen molar-refractivity contribution in [2.24, 2.45) is 0 Å². The van der Waals surface area contributed by atoms with Crippen LogP contribution in [0.25, 0.3) is 0 Å². The standard InChI is InChI=1S/C22H26N4O3/c1-15-13-20(27)24-18-11-7-8-12-19(18)26(15)21(28)14-25(3)16(2)22(29)23-17-9-5-4-6-10-17/h4-12,15-16H,13-14H2,1-3H3,(H,23,29)(H,24,27)/t15-,16+/m0/s1. The van der Waals surface area contributed by atoms with Crippen LogP contribution in [-0.2, 0) is 14.4 Å². The molecular formula is C22H26N4O3. The van der Waals surface area contributed by atoms with Crippen molar-refractivity contribution in [3.8, 4) is 0 Å². The van der Waals surface area contributed by atoms with E-state index in [9.17, 15) is 14.4 Å². The van der Waals surface area contributed by atoms with Gasteiger partial charge in [0.25, 0.3) is 0 Å². The first kappa shape index (κ1) is 20.5. The third-order valence-corrected chi connectivity index (χ3v) is 5.09. The Balaban J connectivity index is 1.71. The van der Waals surface area contributed by atoms with Crippen molar-refractivity contribution in [1.82, 2.24) is 4.90 Å². The first-order valence-corrected chi connectivity index (χ1v) is 9.64. The van der Waals surface area contributed by atoms with Gasteiger partial charge in [-0.25, -0.2) is 0 Å². The second-order valence-electron chi connectivity index (χ2n) is 7.33. The molecule has 152 valence electrons. The molecule has 0 saturated heterocycles. The number of carbonyl (C=O) groups excluding carboxylic acids is 3. The van der Waals surface area contributed by atoms with Gasteiger partial charge in [0.1, 0.15) is 0 Å². The van der Waals surface area contributed by atoms with Gasteiger partial charge in [0, 0.05) is 18.2 Å². The lowest BCUT2D eigenvalue weighted by molar-refractivity contribution is -0.123. The number of nitrogens with one attached hydrogen (secondary N) is 2. The molecule has 2 aromatic rings. The number of anilines is 3. The summed E-state index contributed by atoms with van der Waals surface area (Å²) in [6.45, 7) is 3.66. The summed E-state index contributed by atoms with van der Waals surface area (Å²) in [7, 11) is 1.74. The Labute approximate surface area is 170 Å². The molecule has 3 amide bonds. The van der Waals surface area contributed by atoms with Crippen LogP contribution in [0.1, 0.15) is 20.3 Å². The van der Waals surface area contributed by atoms with E-state index in [0.717, 1.165) is 0 Å². The van der Waals surface area contributed by atoms with Gasteiger partial charge in [0.05, 0.1) is 24.0 Å². The second kappa shape index (κ2) is 8.87. The van der Waals surface area contributed by atoms with Gasteiger partial charge in [-0.1, -0.05) is 30.3 Å². The van der Waals surface area contributed by atoms with Crippen LogP contribution >= 0.6 is 0 Å². The van der Waals surface area contributed by atoms with E-state index in [-0.39, 0.29) is 36.7 Å². The summed E-state index contributed by atoms with van der Waals surface area (Å²) in [5.74, 6) is -0.472. The van der Waals surface area contributed by atoms with E-state index in [2.05, 4.69) is 10.6 Å². The van der Waals surface area contributed by atoms with Crippen molar-refractivity contribution in [3.63, 3.8) is 0 Å². The predicted octanol–water partition coefficient (Wildman–Crippen LogP) is 2.71. The van der Waals surface area contributed by atoms with Crippen molar-refractivity contribution in [1.29, 1.82) is 0 Å². The Kier molecular flexibility index (Phi) is 6.29. The minimum absolute atomic E-state index is 0.0518. The monoisotopic (exact) mass is 394 g/mol. The van der Waals surface area contributed by atoms with Crippen LogP contribution in [0.2, 0.25) is 0 Å². The fourth-order valence-corrected chi connectivity index (χ4v) is 3.36. The third-order valence-electron chi connectivity index (χ3n) is 5.09. The largest absolute Gasteiger partial charge is 0.325 e. The summed E-state index contributed by atoms with van der Waals surface area (Å²) >= 11 is 0. The third kappa shape index (κ3) is 4.81. The normalized spacial score (nSPS) is 17.2. The van der Waals surface area contributed by atoms with Crippen LogP contribution < -0.4 is 15.5 Å². The molecule has 1 aliphatic heterocycles. The number of hydrogen-bond donors (Lipinski definition) is 2. The maximum atomic E-state index is 13.1. The molecule has 0 bridgehead atoms.